The van der Waals surface area contributed by atoms with Gasteiger partial charge in [0, 0.05) is 12.8 Å². The zero-order chi connectivity index (χ0) is 19.4. The van der Waals surface area contributed by atoms with E-state index >= 15 is 0 Å². The number of para-hydroxylation sites is 2. The zero-order valence-electron chi connectivity index (χ0n) is 15.7. The summed E-state index contributed by atoms with van der Waals surface area (Å²) in [6, 6.07) is 14.9. The van der Waals surface area contributed by atoms with Crippen molar-refractivity contribution in [3.05, 3.63) is 65.4 Å². The average Bonchev–Trinajstić information content (AvgIpc) is 2.68. The van der Waals surface area contributed by atoms with Crippen molar-refractivity contribution < 1.29 is 19.4 Å². The number of benzene rings is 2. The molecule has 0 bridgehead atoms. The molecule has 5 nitrogen and oxygen atoms in total. The van der Waals surface area contributed by atoms with Crippen LogP contribution in [-0.4, -0.2) is 30.8 Å². The second kappa shape index (κ2) is 8.08. The van der Waals surface area contributed by atoms with Crippen LogP contribution in [0.5, 0.6) is 11.5 Å². The lowest BCUT2D eigenvalue weighted by atomic mass is 9.81. The molecule has 27 heavy (non-hydrogen) atoms. The van der Waals surface area contributed by atoms with Crippen molar-refractivity contribution in [2.45, 2.75) is 25.7 Å². The maximum atomic E-state index is 12.7. The molecule has 140 valence electrons. The molecule has 1 aliphatic carbocycles. The lowest BCUT2D eigenvalue weighted by Gasteiger charge is -2.24. The topological polar surface area (TPSA) is 68.1 Å². The van der Waals surface area contributed by atoms with E-state index < -0.39 is 0 Å². The molecule has 0 radical (unpaired) electrons. The Labute approximate surface area is 159 Å². The summed E-state index contributed by atoms with van der Waals surface area (Å²) >= 11 is 0. The van der Waals surface area contributed by atoms with Crippen molar-refractivity contribution in [1.82, 2.24) is 0 Å². The maximum Gasteiger partial charge on any atom is 0.168 e. The number of carbonyl (C=O) groups excluding carboxylic acids is 1. The molecular weight excluding hydrogens is 342 g/mol. The van der Waals surface area contributed by atoms with E-state index in [9.17, 15) is 9.90 Å². The third-order valence-electron chi connectivity index (χ3n) is 4.76. The minimum Gasteiger partial charge on any atom is -0.511 e. The van der Waals surface area contributed by atoms with Crippen LogP contribution in [0.1, 0.15) is 31.2 Å². The molecule has 0 aliphatic heterocycles. The van der Waals surface area contributed by atoms with Gasteiger partial charge in [-0.25, -0.2) is 4.99 Å². The molecule has 0 heterocycles. The molecule has 1 unspecified atom stereocenters. The highest BCUT2D eigenvalue weighted by molar-refractivity contribution is 6.23. The van der Waals surface area contributed by atoms with Crippen LogP contribution in [0.25, 0.3) is 0 Å². The van der Waals surface area contributed by atoms with Gasteiger partial charge in [0.1, 0.15) is 22.9 Å². The van der Waals surface area contributed by atoms with Crippen molar-refractivity contribution >= 4 is 17.2 Å². The summed E-state index contributed by atoms with van der Waals surface area (Å²) < 4.78 is 10.5. The first kappa shape index (κ1) is 18.7. The highest BCUT2D eigenvalue weighted by atomic mass is 16.5. The van der Waals surface area contributed by atoms with Crippen molar-refractivity contribution in [2.24, 2.45) is 4.99 Å². The Morgan fingerprint density at radius 2 is 1.74 bits per heavy atom. The molecule has 3 rings (SSSR count). The lowest BCUT2D eigenvalue weighted by Crippen LogP contribution is -2.22. The van der Waals surface area contributed by atoms with Crippen LogP contribution in [0.2, 0.25) is 0 Å². The largest absolute Gasteiger partial charge is 0.511 e. The van der Waals surface area contributed by atoms with E-state index in [-0.39, 0.29) is 17.5 Å². The fourth-order valence-electron chi connectivity index (χ4n) is 3.38. The highest BCUT2D eigenvalue weighted by Crippen LogP contribution is 2.35. The Kier molecular flexibility index (Phi) is 5.60. The number of ketones is 1. The number of hydrogen-bond donors (Lipinski definition) is 1. The molecule has 0 saturated carbocycles. The van der Waals surface area contributed by atoms with E-state index in [1.807, 2.05) is 48.5 Å². The summed E-state index contributed by atoms with van der Waals surface area (Å²) in [5, 5.41) is 10.6. The van der Waals surface area contributed by atoms with Gasteiger partial charge < -0.3 is 14.6 Å². The molecule has 0 spiro atoms. The normalized spacial score (nSPS) is 17.8. The summed E-state index contributed by atoms with van der Waals surface area (Å²) in [4.78, 5) is 17.3. The Balaban J connectivity index is 1.87. The van der Waals surface area contributed by atoms with Gasteiger partial charge in [0.2, 0.25) is 0 Å². The smallest absolute Gasteiger partial charge is 0.168 e. The van der Waals surface area contributed by atoms with E-state index in [0.29, 0.717) is 35.6 Å². The van der Waals surface area contributed by atoms with Gasteiger partial charge in [-0.1, -0.05) is 24.3 Å². The van der Waals surface area contributed by atoms with Gasteiger partial charge >= 0.3 is 0 Å². The Morgan fingerprint density at radius 1 is 1.04 bits per heavy atom. The molecule has 0 saturated heterocycles. The number of aliphatic hydroxyl groups is 1. The average molecular weight is 365 g/mol. The number of nitrogens with zero attached hydrogens (tertiary/aromatic N) is 1. The van der Waals surface area contributed by atoms with Gasteiger partial charge in [-0.05, 0) is 42.7 Å². The SMILES string of the molecule is COc1ccc(C2CC(=O)C(C(C)=Nc3ccccc3OC)=C(O)C2)cc1. The molecule has 1 atom stereocenters. The Bertz CT molecular complexity index is 897. The number of carbonyl (C=O) groups is 1. The first-order valence-electron chi connectivity index (χ1n) is 8.81. The second-order valence-electron chi connectivity index (χ2n) is 6.49. The zero-order valence-corrected chi connectivity index (χ0v) is 15.7. The van der Waals surface area contributed by atoms with Gasteiger partial charge in [-0.2, -0.15) is 0 Å². The van der Waals surface area contributed by atoms with Gasteiger partial charge in [-0.3, -0.25) is 4.79 Å². The monoisotopic (exact) mass is 365 g/mol. The number of aliphatic imine (C=N–C) groups is 1. The summed E-state index contributed by atoms with van der Waals surface area (Å²) in [5.74, 6) is 1.32. The summed E-state index contributed by atoms with van der Waals surface area (Å²) in [7, 11) is 3.19. The summed E-state index contributed by atoms with van der Waals surface area (Å²) in [6.07, 6.45) is 0.747. The minimum absolute atomic E-state index is 0.0498. The Hall–Kier alpha value is -3.08. The predicted molar refractivity (Wildman–Crippen MR) is 105 cm³/mol. The van der Waals surface area contributed by atoms with Crippen LogP contribution in [-0.2, 0) is 4.79 Å². The summed E-state index contributed by atoms with van der Waals surface area (Å²) in [5.41, 5.74) is 2.44. The molecule has 2 aromatic rings. The lowest BCUT2D eigenvalue weighted by molar-refractivity contribution is -0.116. The molecule has 0 aromatic heterocycles. The number of ether oxygens (including phenoxy) is 2. The third-order valence-corrected chi connectivity index (χ3v) is 4.76. The first-order chi connectivity index (χ1) is 13.0. The number of hydrogen-bond acceptors (Lipinski definition) is 5. The first-order valence-corrected chi connectivity index (χ1v) is 8.81. The van der Waals surface area contributed by atoms with E-state index in [1.165, 1.54) is 0 Å². The number of allylic oxidation sites excluding steroid dienone is 2. The van der Waals surface area contributed by atoms with E-state index in [4.69, 9.17) is 9.47 Å². The molecule has 0 fully saturated rings. The van der Waals surface area contributed by atoms with E-state index in [1.54, 1.807) is 21.1 Å². The van der Waals surface area contributed by atoms with Crippen LogP contribution in [0.3, 0.4) is 0 Å². The fraction of sp³-hybridized carbons (Fsp3) is 0.273. The molecule has 2 aromatic carbocycles. The minimum atomic E-state index is -0.101. The van der Waals surface area contributed by atoms with Gasteiger partial charge in [0.15, 0.2) is 5.78 Å². The molecular formula is C22H23NO4. The third kappa shape index (κ3) is 4.03. The van der Waals surface area contributed by atoms with Crippen LogP contribution in [0.15, 0.2) is 64.9 Å². The highest BCUT2D eigenvalue weighted by Gasteiger charge is 2.30. The van der Waals surface area contributed by atoms with Gasteiger partial charge in [0.05, 0.1) is 25.5 Å². The molecule has 1 aliphatic rings. The van der Waals surface area contributed by atoms with Crippen LogP contribution in [0, 0.1) is 0 Å². The standard InChI is InChI=1S/C22H23NO4/c1-14(23-18-6-4-5-7-21(18)27-3)22-19(24)12-16(13-20(22)25)15-8-10-17(26-2)11-9-15/h4-11,16,24H,12-13H2,1-3H3. The van der Waals surface area contributed by atoms with Crippen LogP contribution in [0.4, 0.5) is 5.69 Å². The van der Waals surface area contributed by atoms with Gasteiger partial charge in [0.25, 0.3) is 0 Å². The van der Waals surface area contributed by atoms with Gasteiger partial charge in [-0.15, -0.1) is 0 Å². The van der Waals surface area contributed by atoms with Crippen molar-refractivity contribution in [3.63, 3.8) is 0 Å². The number of aliphatic hydroxyl groups excluding tert-OH is 1. The van der Waals surface area contributed by atoms with Crippen LogP contribution < -0.4 is 9.47 Å². The number of rotatable bonds is 5. The number of Topliss-reactive ketones (excluding diaryl/α,β-unsaturated/α-hetero) is 1. The molecule has 1 N–H and O–H groups in total. The number of methoxy groups -OCH3 is 2. The predicted octanol–water partition coefficient (Wildman–Crippen LogP) is 4.76. The fourth-order valence-corrected chi connectivity index (χ4v) is 3.38. The van der Waals surface area contributed by atoms with E-state index in [0.717, 1.165) is 11.3 Å². The Morgan fingerprint density at radius 3 is 2.37 bits per heavy atom. The maximum absolute atomic E-state index is 12.7. The van der Waals surface area contributed by atoms with Crippen molar-refractivity contribution in [1.29, 1.82) is 0 Å². The van der Waals surface area contributed by atoms with Crippen molar-refractivity contribution in [2.75, 3.05) is 14.2 Å². The molecule has 5 heteroatoms. The van der Waals surface area contributed by atoms with Crippen molar-refractivity contribution in [3.8, 4) is 11.5 Å². The molecule has 0 amide bonds. The summed E-state index contributed by atoms with van der Waals surface area (Å²) in [6.45, 7) is 1.74. The second-order valence-corrected chi connectivity index (χ2v) is 6.49. The van der Waals surface area contributed by atoms with Crippen LogP contribution >= 0.6 is 0 Å². The quantitative estimate of drug-likeness (QED) is 0.776. The van der Waals surface area contributed by atoms with E-state index in [2.05, 4.69) is 4.99 Å².